The summed E-state index contributed by atoms with van der Waals surface area (Å²) in [6.07, 6.45) is 0.203. The first-order chi connectivity index (χ1) is 11.9. The van der Waals surface area contributed by atoms with Gasteiger partial charge in [0, 0.05) is 23.9 Å². The van der Waals surface area contributed by atoms with Crippen molar-refractivity contribution in [2.75, 3.05) is 12.3 Å². The van der Waals surface area contributed by atoms with Crippen LogP contribution >= 0.6 is 23.4 Å². The third-order valence-corrected chi connectivity index (χ3v) is 4.95. The van der Waals surface area contributed by atoms with E-state index in [1.165, 1.54) is 11.8 Å². The molecule has 132 valence electrons. The van der Waals surface area contributed by atoms with Gasteiger partial charge in [0.25, 0.3) is 0 Å². The molecule has 2 N–H and O–H groups in total. The van der Waals surface area contributed by atoms with Gasteiger partial charge in [-0.1, -0.05) is 49.3 Å². The second-order valence-corrected chi connectivity index (χ2v) is 7.62. The number of carbonyl (C=O) groups excluding carboxylic acids is 2. The molecule has 1 aromatic carbocycles. The second-order valence-electron chi connectivity index (χ2n) is 6.20. The van der Waals surface area contributed by atoms with Crippen molar-refractivity contribution in [3.05, 3.63) is 45.5 Å². The fourth-order valence-electron chi connectivity index (χ4n) is 2.42. The van der Waals surface area contributed by atoms with Gasteiger partial charge < -0.3 is 10.6 Å². The molecule has 0 radical (unpaired) electrons. The minimum absolute atomic E-state index is 0.119. The van der Waals surface area contributed by atoms with Gasteiger partial charge in [0.2, 0.25) is 11.8 Å². The lowest BCUT2D eigenvalue weighted by Crippen LogP contribution is -2.33. The Hall–Kier alpha value is -1.97. The average molecular weight is 378 g/mol. The molecule has 0 saturated heterocycles. The van der Waals surface area contributed by atoms with Crippen LogP contribution in [0.3, 0.4) is 0 Å². The predicted molar refractivity (Wildman–Crippen MR) is 99.9 cm³/mol. The van der Waals surface area contributed by atoms with Crippen LogP contribution < -0.4 is 10.6 Å². The quantitative estimate of drug-likeness (QED) is 0.797. The number of hydrogen-bond acceptors (Lipinski definition) is 4. The van der Waals surface area contributed by atoms with Crippen LogP contribution in [0.1, 0.15) is 31.7 Å². The Morgan fingerprint density at radius 2 is 2.12 bits per heavy atom. The summed E-state index contributed by atoms with van der Waals surface area (Å²) in [6.45, 7) is 4.63. The summed E-state index contributed by atoms with van der Waals surface area (Å²) in [7, 11) is 0. The summed E-state index contributed by atoms with van der Waals surface area (Å²) < 4.78 is 0. The molecule has 7 heteroatoms. The Bertz CT molecular complexity index is 723. The predicted octanol–water partition coefficient (Wildman–Crippen LogP) is 3.18. The minimum atomic E-state index is -0.322. The Kier molecular flexibility index (Phi) is 6.91. The summed E-state index contributed by atoms with van der Waals surface area (Å²) in [5, 5.41) is 16.2. The van der Waals surface area contributed by atoms with Gasteiger partial charge >= 0.3 is 0 Å². The molecule has 5 nitrogen and oxygen atoms in total. The third kappa shape index (κ3) is 5.52. The zero-order valence-corrected chi connectivity index (χ0v) is 15.7. The van der Waals surface area contributed by atoms with Gasteiger partial charge in [-0.3, -0.25) is 9.59 Å². The molecular formula is C18H20ClN3O2S. The number of thioether (sulfide) groups is 1. The SMILES string of the molecule is CC(C)CNC(=O)CSC1=C(C#N)[C@@H](c2ccc(Cl)cc2)CC(=O)N1. The Morgan fingerprint density at radius 1 is 1.44 bits per heavy atom. The van der Waals surface area contributed by atoms with Crippen LogP contribution in [-0.2, 0) is 9.59 Å². The fraction of sp³-hybridized carbons (Fsp3) is 0.389. The van der Waals surface area contributed by atoms with Crippen molar-refractivity contribution >= 4 is 35.2 Å². The lowest BCUT2D eigenvalue weighted by atomic mass is 9.87. The second kappa shape index (κ2) is 8.93. The smallest absolute Gasteiger partial charge is 0.230 e. The fourth-order valence-corrected chi connectivity index (χ4v) is 3.45. The largest absolute Gasteiger partial charge is 0.355 e. The van der Waals surface area contributed by atoms with Crippen LogP contribution in [0.2, 0.25) is 5.02 Å². The molecule has 1 aliphatic rings. The molecule has 0 aromatic heterocycles. The lowest BCUT2D eigenvalue weighted by molar-refractivity contribution is -0.121. The molecule has 0 fully saturated rings. The average Bonchev–Trinajstić information content (AvgIpc) is 2.58. The number of nitrogens with zero attached hydrogens (tertiary/aromatic N) is 1. The van der Waals surface area contributed by atoms with Crippen LogP contribution in [0.15, 0.2) is 34.9 Å². The van der Waals surface area contributed by atoms with E-state index in [-0.39, 0.29) is 29.9 Å². The molecule has 1 atom stereocenters. The van der Waals surface area contributed by atoms with Gasteiger partial charge in [0.1, 0.15) is 0 Å². The molecule has 25 heavy (non-hydrogen) atoms. The number of rotatable bonds is 6. The first kappa shape index (κ1) is 19.4. The van der Waals surface area contributed by atoms with E-state index in [9.17, 15) is 14.9 Å². The molecule has 2 amide bonds. The van der Waals surface area contributed by atoms with E-state index in [0.29, 0.717) is 28.1 Å². The highest BCUT2D eigenvalue weighted by atomic mass is 35.5. The van der Waals surface area contributed by atoms with Crippen molar-refractivity contribution in [3.8, 4) is 6.07 Å². The van der Waals surface area contributed by atoms with E-state index < -0.39 is 0 Å². The normalized spacial score (nSPS) is 17.2. The van der Waals surface area contributed by atoms with Crippen LogP contribution in [0.5, 0.6) is 0 Å². The van der Waals surface area contributed by atoms with Crippen LogP contribution in [0.25, 0.3) is 0 Å². The molecular weight excluding hydrogens is 358 g/mol. The van der Waals surface area contributed by atoms with Gasteiger partial charge in [0.05, 0.1) is 22.4 Å². The zero-order valence-electron chi connectivity index (χ0n) is 14.1. The van der Waals surface area contributed by atoms with E-state index >= 15 is 0 Å². The third-order valence-electron chi connectivity index (χ3n) is 3.68. The number of carbonyl (C=O) groups is 2. The topological polar surface area (TPSA) is 82.0 Å². The van der Waals surface area contributed by atoms with E-state index in [1.807, 2.05) is 26.0 Å². The van der Waals surface area contributed by atoms with Gasteiger partial charge in [-0.25, -0.2) is 0 Å². The summed E-state index contributed by atoms with van der Waals surface area (Å²) in [4.78, 5) is 23.9. The molecule has 0 bridgehead atoms. The first-order valence-corrected chi connectivity index (χ1v) is 9.36. The van der Waals surface area contributed by atoms with Crippen LogP contribution in [0, 0.1) is 17.2 Å². The number of hydrogen-bond donors (Lipinski definition) is 2. The van der Waals surface area contributed by atoms with Crippen molar-refractivity contribution in [2.24, 2.45) is 5.92 Å². The Morgan fingerprint density at radius 3 is 2.72 bits per heavy atom. The number of nitrogens with one attached hydrogen (secondary N) is 2. The van der Waals surface area contributed by atoms with E-state index in [1.54, 1.807) is 12.1 Å². The van der Waals surface area contributed by atoms with Gasteiger partial charge in [0.15, 0.2) is 0 Å². The maximum Gasteiger partial charge on any atom is 0.230 e. The number of halogens is 1. The van der Waals surface area contributed by atoms with Crippen molar-refractivity contribution in [1.29, 1.82) is 5.26 Å². The molecule has 0 saturated carbocycles. The molecule has 0 unspecified atom stereocenters. The minimum Gasteiger partial charge on any atom is -0.355 e. The maximum atomic E-state index is 12.1. The highest BCUT2D eigenvalue weighted by molar-refractivity contribution is 8.03. The highest BCUT2D eigenvalue weighted by Crippen LogP contribution is 2.36. The molecule has 1 aliphatic heterocycles. The maximum absolute atomic E-state index is 12.1. The summed E-state index contributed by atoms with van der Waals surface area (Å²) in [5.74, 6) is -0.0833. The number of benzene rings is 1. The standard InChI is InChI=1S/C18H20ClN3O2S/c1-11(2)9-21-17(24)10-25-18-15(8-20)14(7-16(23)22-18)12-3-5-13(19)6-4-12/h3-6,11,14H,7,9-10H2,1-2H3,(H,21,24)(H,22,23)/t14-/m1/s1. The first-order valence-electron chi connectivity index (χ1n) is 7.99. The zero-order chi connectivity index (χ0) is 18.4. The van der Waals surface area contributed by atoms with Crippen molar-refractivity contribution in [2.45, 2.75) is 26.2 Å². The summed E-state index contributed by atoms with van der Waals surface area (Å²) in [5.41, 5.74) is 1.33. The summed E-state index contributed by atoms with van der Waals surface area (Å²) in [6, 6.07) is 9.31. The highest BCUT2D eigenvalue weighted by Gasteiger charge is 2.29. The van der Waals surface area contributed by atoms with Gasteiger partial charge in [-0.05, 0) is 23.6 Å². The van der Waals surface area contributed by atoms with E-state index in [0.717, 1.165) is 5.56 Å². The molecule has 1 heterocycles. The van der Waals surface area contributed by atoms with Crippen LogP contribution in [0.4, 0.5) is 0 Å². The number of nitriles is 1. The Labute approximate surface area is 156 Å². The van der Waals surface area contributed by atoms with Gasteiger partial charge in [-0.15, -0.1) is 0 Å². The lowest BCUT2D eigenvalue weighted by Gasteiger charge is -2.25. The molecule has 0 spiro atoms. The van der Waals surface area contributed by atoms with Gasteiger partial charge in [-0.2, -0.15) is 5.26 Å². The number of amides is 2. The van der Waals surface area contributed by atoms with Crippen molar-refractivity contribution < 1.29 is 9.59 Å². The van der Waals surface area contributed by atoms with Crippen molar-refractivity contribution in [1.82, 2.24) is 10.6 Å². The number of allylic oxidation sites excluding steroid dienone is 1. The summed E-state index contributed by atoms with van der Waals surface area (Å²) >= 11 is 7.09. The molecule has 0 aliphatic carbocycles. The molecule has 2 rings (SSSR count). The van der Waals surface area contributed by atoms with E-state index in [4.69, 9.17) is 11.6 Å². The van der Waals surface area contributed by atoms with Crippen LogP contribution in [-0.4, -0.2) is 24.1 Å². The molecule has 1 aromatic rings. The monoisotopic (exact) mass is 377 g/mol. The Balaban J connectivity index is 2.16. The van der Waals surface area contributed by atoms with Crippen molar-refractivity contribution in [3.63, 3.8) is 0 Å². The van der Waals surface area contributed by atoms with E-state index in [2.05, 4.69) is 16.7 Å².